The SMILES string of the molecule is [B]C1(c2ccccc2)C(c2ccccc2)=C(c2ccccc2)C(c2ccccc2)=C1c1ccccc1. The van der Waals surface area contributed by atoms with Crippen LogP contribution in [-0.2, 0) is 5.31 Å². The van der Waals surface area contributed by atoms with Gasteiger partial charge in [0.2, 0.25) is 0 Å². The van der Waals surface area contributed by atoms with Crippen molar-refractivity contribution in [2.75, 3.05) is 0 Å². The van der Waals surface area contributed by atoms with Crippen LogP contribution in [0.2, 0.25) is 0 Å². The maximum absolute atomic E-state index is 7.77. The van der Waals surface area contributed by atoms with Crippen LogP contribution >= 0.6 is 0 Å². The van der Waals surface area contributed by atoms with E-state index in [1.54, 1.807) is 0 Å². The van der Waals surface area contributed by atoms with Gasteiger partial charge in [0, 0.05) is 5.31 Å². The molecule has 0 fully saturated rings. The smallest absolute Gasteiger partial charge is 0.0622 e. The van der Waals surface area contributed by atoms with E-state index in [9.17, 15) is 0 Å². The molecule has 0 N–H and O–H groups in total. The molecule has 168 valence electrons. The van der Waals surface area contributed by atoms with Crippen LogP contribution in [0.1, 0.15) is 27.8 Å². The zero-order chi connectivity index (χ0) is 24.4. The summed E-state index contributed by atoms with van der Waals surface area (Å²) >= 11 is 0. The lowest BCUT2D eigenvalue weighted by molar-refractivity contribution is 1.03. The molecule has 0 spiro atoms. The molecule has 2 radical (unpaired) electrons. The van der Waals surface area contributed by atoms with Crippen molar-refractivity contribution in [3.8, 4) is 0 Å². The first-order valence-corrected chi connectivity index (χ1v) is 12.3. The van der Waals surface area contributed by atoms with Crippen LogP contribution in [0.15, 0.2) is 152 Å². The Kier molecular flexibility index (Phi) is 5.75. The number of benzene rings is 5. The van der Waals surface area contributed by atoms with Crippen LogP contribution in [0, 0.1) is 0 Å². The Balaban J connectivity index is 1.82. The molecule has 5 aromatic rings. The zero-order valence-corrected chi connectivity index (χ0v) is 20.0. The summed E-state index contributed by atoms with van der Waals surface area (Å²) in [5.74, 6) is 0. The first-order valence-electron chi connectivity index (χ1n) is 12.3. The molecule has 6 rings (SSSR count). The average Bonchev–Trinajstić information content (AvgIpc) is 3.25. The lowest BCUT2D eigenvalue weighted by Crippen LogP contribution is -2.28. The van der Waals surface area contributed by atoms with Gasteiger partial charge in [0.05, 0.1) is 7.85 Å². The fourth-order valence-electron chi connectivity index (χ4n) is 5.50. The monoisotopic (exact) mass is 456 g/mol. The summed E-state index contributed by atoms with van der Waals surface area (Å²) < 4.78 is 0. The molecule has 0 heterocycles. The van der Waals surface area contributed by atoms with Gasteiger partial charge in [-0.2, -0.15) is 0 Å². The molecule has 0 amide bonds. The number of hydrogen-bond donors (Lipinski definition) is 0. The van der Waals surface area contributed by atoms with Crippen molar-refractivity contribution in [1.29, 1.82) is 0 Å². The molecular formula is C35H25B. The van der Waals surface area contributed by atoms with Crippen LogP contribution in [0.4, 0.5) is 0 Å². The fourth-order valence-corrected chi connectivity index (χ4v) is 5.50. The number of allylic oxidation sites excluding steroid dienone is 4. The summed E-state index contributed by atoms with van der Waals surface area (Å²) in [7, 11) is 7.77. The van der Waals surface area contributed by atoms with Crippen molar-refractivity contribution >= 4 is 30.1 Å². The highest BCUT2D eigenvalue weighted by molar-refractivity contribution is 6.44. The minimum Gasteiger partial charge on any atom is -0.0622 e. The summed E-state index contributed by atoms with van der Waals surface area (Å²) in [5.41, 5.74) is 10.2. The summed E-state index contributed by atoms with van der Waals surface area (Å²) in [6, 6.07) is 53.1. The van der Waals surface area contributed by atoms with Gasteiger partial charge in [0.15, 0.2) is 0 Å². The van der Waals surface area contributed by atoms with Gasteiger partial charge in [-0.3, -0.25) is 0 Å². The normalized spacial score (nSPS) is 14.8. The lowest BCUT2D eigenvalue weighted by Gasteiger charge is -2.34. The van der Waals surface area contributed by atoms with E-state index in [1.165, 1.54) is 11.1 Å². The third kappa shape index (κ3) is 3.65. The second-order valence-electron chi connectivity index (χ2n) is 9.14. The minimum atomic E-state index is -0.861. The van der Waals surface area contributed by atoms with Gasteiger partial charge >= 0.3 is 0 Å². The summed E-state index contributed by atoms with van der Waals surface area (Å²) in [4.78, 5) is 0. The van der Waals surface area contributed by atoms with Gasteiger partial charge in [0.1, 0.15) is 0 Å². The van der Waals surface area contributed by atoms with Gasteiger partial charge in [-0.05, 0) is 50.1 Å². The quantitative estimate of drug-likeness (QED) is 0.234. The Morgan fingerprint density at radius 2 is 0.611 bits per heavy atom. The molecular weight excluding hydrogens is 431 g/mol. The van der Waals surface area contributed by atoms with E-state index in [0.717, 1.165) is 39.0 Å². The maximum atomic E-state index is 7.77. The largest absolute Gasteiger partial charge is 0.0941 e. The van der Waals surface area contributed by atoms with Crippen molar-refractivity contribution in [3.63, 3.8) is 0 Å². The van der Waals surface area contributed by atoms with Crippen molar-refractivity contribution in [2.45, 2.75) is 5.31 Å². The first-order chi connectivity index (χ1) is 17.8. The topological polar surface area (TPSA) is 0 Å². The number of rotatable bonds is 5. The highest BCUT2D eigenvalue weighted by Gasteiger charge is 2.45. The van der Waals surface area contributed by atoms with Crippen LogP contribution in [0.5, 0.6) is 0 Å². The van der Waals surface area contributed by atoms with E-state index in [2.05, 4.69) is 152 Å². The molecule has 0 nitrogen and oxygen atoms in total. The zero-order valence-electron chi connectivity index (χ0n) is 20.0. The second kappa shape index (κ2) is 9.36. The summed E-state index contributed by atoms with van der Waals surface area (Å²) in [5, 5.41) is -0.861. The van der Waals surface area contributed by atoms with Crippen molar-refractivity contribution in [1.82, 2.24) is 0 Å². The van der Waals surface area contributed by atoms with Crippen molar-refractivity contribution in [2.24, 2.45) is 0 Å². The van der Waals surface area contributed by atoms with E-state index in [-0.39, 0.29) is 0 Å². The Morgan fingerprint density at radius 1 is 0.333 bits per heavy atom. The van der Waals surface area contributed by atoms with Gasteiger partial charge in [-0.1, -0.05) is 152 Å². The van der Waals surface area contributed by atoms with Crippen LogP contribution in [0.3, 0.4) is 0 Å². The van der Waals surface area contributed by atoms with Crippen LogP contribution in [0.25, 0.3) is 22.3 Å². The van der Waals surface area contributed by atoms with Crippen molar-refractivity contribution in [3.05, 3.63) is 179 Å². The fraction of sp³-hybridized carbons (Fsp3) is 0.0286. The first kappa shape index (κ1) is 22.1. The lowest BCUT2D eigenvalue weighted by atomic mass is 9.54. The van der Waals surface area contributed by atoms with Crippen molar-refractivity contribution < 1.29 is 0 Å². The molecule has 0 aliphatic heterocycles. The second-order valence-corrected chi connectivity index (χ2v) is 9.14. The molecule has 0 bridgehead atoms. The molecule has 5 aromatic carbocycles. The Morgan fingerprint density at radius 3 is 0.944 bits per heavy atom. The van der Waals surface area contributed by atoms with Crippen LogP contribution in [-0.4, -0.2) is 7.85 Å². The third-order valence-electron chi connectivity index (χ3n) is 7.02. The molecule has 1 aliphatic carbocycles. The molecule has 36 heavy (non-hydrogen) atoms. The Hall–Kier alpha value is -4.36. The third-order valence-corrected chi connectivity index (χ3v) is 7.02. The molecule has 0 saturated carbocycles. The summed E-state index contributed by atoms with van der Waals surface area (Å²) in [6.45, 7) is 0. The molecule has 0 aromatic heterocycles. The van der Waals surface area contributed by atoms with E-state index < -0.39 is 5.31 Å². The van der Waals surface area contributed by atoms with E-state index in [0.29, 0.717) is 0 Å². The van der Waals surface area contributed by atoms with E-state index in [4.69, 9.17) is 7.85 Å². The molecule has 0 atom stereocenters. The predicted molar refractivity (Wildman–Crippen MR) is 153 cm³/mol. The highest BCUT2D eigenvalue weighted by atomic mass is 14.4. The standard InChI is InChI=1S/C35H25B/c36-35(30-24-14-5-15-25-30)33(28-20-10-3-11-21-28)31(26-16-6-1-7-17-26)32(27-18-8-2-9-19-27)34(35)29-22-12-4-13-23-29/h1-25H. The number of hydrogen-bond acceptors (Lipinski definition) is 0. The van der Waals surface area contributed by atoms with Gasteiger partial charge in [0.25, 0.3) is 0 Å². The Labute approximate surface area is 214 Å². The van der Waals surface area contributed by atoms with Crippen LogP contribution < -0.4 is 0 Å². The average molecular weight is 456 g/mol. The molecule has 1 aliphatic rings. The van der Waals surface area contributed by atoms with Gasteiger partial charge in [-0.15, -0.1) is 0 Å². The minimum absolute atomic E-state index is 0.861. The molecule has 0 unspecified atom stereocenters. The molecule has 0 saturated heterocycles. The summed E-state index contributed by atoms with van der Waals surface area (Å²) in [6.07, 6.45) is 0. The predicted octanol–water partition coefficient (Wildman–Crippen LogP) is 8.29. The molecule has 1 heteroatoms. The highest BCUT2D eigenvalue weighted by Crippen LogP contribution is 2.60. The van der Waals surface area contributed by atoms with E-state index in [1.807, 2.05) is 0 Å². The maximum Gasteiger partial charge on any atom is 0.0941 e. The Bertz CT molecular complexity index is 1430. The van der Waals surface area contributed by atoms with E-state index >= 15 is 0 Å². The van der Waals surface area contributed by atoms with Gasteiger partial charge < -0.3 is 0 Å². The van der Waals surface area contributed by atoms with Gasteiger partial charge in [-0.25, -0.2) is 0 Å².